The third-order valence-corrected chi connectivity index (χ3v) is 5.15. The van der Waals surface area contributed by atoms with Crippen LogP contribution < -0.4 is 4.74 Å². The van der Waals surface area contributed by atoms with Crippen molar-refractivity contribution in [3.8, 4) is 5.75 Å². The first-order valence-electron chi connectivity index (χ1n) is 8.87. The van der Waals surface area contributed by atoms with Gasteiger partial charge in [-0.05, 0) is 31.7 Å². The second kappa shape index (κ2) is 7.69. The van der Waals surface area contributed by atoms with Gasteiger partial charge in [-0.1, -0.05) is 18.2 Å². The summed E-state index contributed by atoms with van der Waals surface area (Å²) in [5.74, 6) is 1.26. The molecule has 2 fully saturated rings. The Morgan fingerprint density at radius 1 is 1.04 bits per heavy atom. The van der Waals surface area contributed by atoms with Crippen LogP contribution in [0.4, 0.5) is 0 Å². The van der Waals surface area contributed by atoms with Crippen LogP contribution in [-0.4, -0.2) is 54.9 Å². The van der Waals surface area contributed by atoms with E-state index in [2.05, 4.69) is 0 Å². The molecule has 0 unspecified atom stereocenters. The number of carbonyl (C=O) groups is 2. The number of carbonyl (C=O) groups excluding carboxylic acids is 2. The third-order valence-electron chi connectivity index (χ3n) is 5.15. The first kappa shape index (κ1) is 16.8. The molecule has 0 aliphatic carbocycles. The molecule has 1 aromatic rings. The number of rotatable bonds is 4. The Labute approximate surface area is 143 Å². The molecule has 2 saturated heterocycles. The van der Waals surface area contributed by atoms with Gasteiger partial charge >= 0.3 is 0 Å². The molecular weight excluding hydrogens is 304 g/mol. The first-order chi connectivity index (χ1) is 11.7. The standard InChI is InChI=1S/C19H26N2O3/c1-24-17-7-3-2-6-16(17)14-18(22)20-12-8-15(9-13-20)19(23)21-10-4-5-11-21/h2-3,6-7,15H,4-5,8-14H2,1H3. The van der Waals surface area contributed by atoms with Crippen LogP contribution in [0.5, 0.6) is 5.75 Å². The summed E-state index contributed by atoms with van der Waals surface area (Å²) in [4.78, 5) is 28.9. The Morgan fingerprint density at radius 3 is 2.38 bits per heavy atom. The number of likely N-dealkylation sites (tertiary alicyclic amines) is 2. The van der Waals surface area contributed by atoms with Gasteiger partial charge in [0.15, 0.2) is 0 Å². The lowest BCUT2D eigenvalue weighted by atomic mass is 9.95. The van der Waals surface area contributed by atoms with Gasteiger partial charge in [-0.2, -0.15) is 0 Å². The summed E-state index contributed by atoms with van der Waals surface area (Å²) < 4.78 is 5.32. The quantitative estimate of drug-likeness (QED) is 0.849. The lowest BCUT2D eigenvalue weighted by Gasteiger charge is -2.33. The van der Waals surface area contributed by atoms with E-state index in [-0.39, 0.29) is 11.8 Å². The van der Waals surface area contributed by atoms with Crippen LogP contribution >= 0.6 is 0 Å². The van der Waals surface area contributed by atoms with Crippen molar-refractivity contribution in [1.82, 2.24) is 9.80 Å². The molecule has 1 aromatic carbocycles. The predicted molar refractivity (Wildman–Crippen MR) is 91.8 cm³/mol. The van der Waals surface area contributed by atoms with Gasteiger partial charge in [0.1, 0.15) is 5.75 Å². The van der Waals surface area contributed by atoms with E-state index in [0.29, 0.717) is 25.4 Å². The number of hydrogen-bond acceptors (Lipinski definition) is 3. The zero-order valence-electron chi connectivity index (χ0n) is 14.4. The molecule has 5 nitrogen and oxygen atoms in total. The van der Waals surface area contributed by atoms with Crippen molar-refractivity contribution in [3.05, 3.63) is 29.8 Å². The van der Waals surface area contributed by atoms with E-state index in [1.54, 1.807) is 7.11 Å². The van der Waals surface area contributed by atoms with Gasteiger partial charge in [0.05, 0.1) is 13.5 Å². The molecule has 0 N–H and O–H groups in total. The maximum Gasteiger partial charge on any atom is 0.227 e. The summed E-state index contributed by atoms with van der Waals surface area (Å²) in [6.07, 6.45) is 4.18. The Kier molecular flexibility index (Phi) is 5.38. The maximum atomic E-state index is 12.5. The summed E-state index contributed by atoms with van der Waals surface area (Å²) in [6.45, 7) is 3.17. The van der Waals surface area contributed by atoms with E-state index < -0.39 is 0 Å². The fraction of sp³-hybridized carbons (Fsp3) is 0.579. The predicted octanol–water partition coefficient (Wildman–Crippen LogP) is 2.10. The van der Waals surface area contributed by atoms with Crippen LogP contribution in [0, 0.1) is 5.92 Å². The summed E-state index contributed by atoms with van der Waals surface area (Å²) in [6, 6.07) is 7.64. The lowest BCUT2D eigenvalue weighted by molar-refractivity contribution is -0.139. The van der Waals surface area contributed by atoms with Crippen molar-refractivity contribution in [2.45, 2.75) is 32.1 Å². The van der Waals surface area contributed by atoms with Crippen LogP contribution in [0.1, 0.15) is 31.2 Å². The van der Waals surface area contributed by atoms with Crippen molar-refractivity contribution in [3.63, 3.8) is 0 Å². The maximum absolute atomic E-state index is 12.5. The highest BCUT2D eigenvalue weighted by Crippen LogP contribution is 2.24. The van der Waals surface area contributed by atoms with E-state index >= 15 is 0 Å². The fourth-order valence-corrected chi connectivity index (χ4v) is 3.70. The summed E-state index contributed by atoms with van der Waals surface area (Å²) >= 11 is 0. The molecule has 0 spiro atoms. The average Bonchev–Trinajstić information content (AvgIpc) is 3.16. The monoisotopic (exact) mass is 330 g/mol. The van der Waals surface area contributed by atoms with Gasteiger partial charge in [-0.15, -0.1) is 0 Å². The zero-order valence-corrected chi connectivity index (χ0v) is 14.4. The molecular formula is C19H26N2O3. The summed E-state index contributed by atoms with van der Waals surface area (Å²) in [7, 11) is 1.62. The average molecular weight is 330 g/mol. The van der Waals surface area contributed by atoms with Crippen LogP contribution in [-0.2, 0) is 16.0 Å². The van der Waals surface area contributed by atoms with Gasteiger partial charge in [0.25, 0.3) is 0 Å². The molecule has 3 rings (SSSR count). The minimum Gasteiger partial charge on any atom is -0.496 e. The van der Waals surface area contributed by atoms with Crippen molar-refractivity contribution >= 4 is 11.8 Å². The van der Waals surface area contributed by atoms with E-state index in [0.717, 1.165) is 50.1 Å². The number of amides is 2. The smallest absolute Gasteiger partial charge is 0.227 e. The summed E-state index contributed by atoms with van der Waals surface area (Å²) in [5.41, 5.74) is 0.917. The number of benzene rings is 1. The van der Waals surface area contributed by atoms with Crippen molar-refractivity contribution in [2.75, 3.05) is 33.3 Å². The first-order valence-corrected chi connectivity index (χ1v) is 8.87. The Hall–Kier alpha value is -2.04. The molecule has 2 amide bonds. The molecule has 0 radical (unpaired) electrons. The SMILES string of the molecule is COc1ccccc1CC(=O)N1CCC(C(=O)N2CCCC2)CC1. The second-order valence-electron chi connectivity index (χ2n) is 6.68. The summed E-state index contributed by atoms with van der Waals surface area (Å²) in [5, 5.41) is 0. The molecule has 130 valence electrons. The normalized spacial score (nSPS) is 18.7. The molecule has 5 heteroatoms. The van der Waals surface area contributed by atoms with E-state index in [4.69, 9.17) is 4.74 Å². The van der Waals surface area contributed by atoms with Crippen LogP contribution in [0.2, 0.25) is 0 Å². The molecule has 2 aliphatic heterocycles. The number of nitrogens with zero attached hydrogens (tertiary/aromatic N) is 2. The molecule has 0 saturated carbocycles. The van der Waals surface area contributed by atoms with Crippen LogP contribution in [0.3, 0.4) is 0 Å². The van der Waals surface area contributed by atoms with Gasteiger partial charge in [-0.25, -0.2) is 0 Å². The van der Waals surface area contributed by atoms with E-state index in [9.17, 15) is 9.59 Å². The van der Waals surface area contributed by atoms with Gasteiger partial charge in [0.2, 0.25) is 11.8 Å². The number of para-hydroxylation sites is 1. The second-order valence-corrected chi connectivity index (χ2v) is 6.68. The molecule has 2 aliphatic rings. The highest BCUT2D eigenvalue weighted by Gasteiger charge is 2.31. The van der Waals surface area contributed by atoms with Crippen LogP contribution in [0.15, 0.2) is 24.3 Å². The number of hydrogen-bond donors (Lipinski definition) is 0. The Balaban J connectivity index is 1.52. The minimum atomic E-state index is 0.0958. The lowest BCUT2D eigenvalue weighted by Crippen LogP contribution is -2.44. The number of piperidine rings is 1. The number of ether oxygens (including phenoxy) is 1. The molecule has 0 bridgehead atoms. The van der Waals surface area contributed by atoms with Gasteiger partial charge in [-0.3, -0.25) is 9.59 Å². The topological polar surface area (TPSA) is 49.9 Å². The van der Waals surface area contributed by atoms with Gasteiger partial charge < -0.3 is 14.5 Å². The number of methoxy groups -OCH3 is 1. The Bertz CT molecular complexity index is 588. The third kappa shape index (κ3) is 3.71. The largest absolute Gasteiger partial charge is 0.496 e. The minimum absolute atomic E-state index is 0.0958. The highest BCUT2D eigenvalue weighted by molar-refractivity contribution is 5.81. The molecule has 0 atom stereocenters. The Morgan fingerprint density at radius 2 is 1.71 bits per heavy atom. The molecule has 24 heavy (non-hydrogen) atoms. The molecule has 2 heterocycles. The molecule has 0 aromatic heterocycles. The van der Waals surface area contributed by atoms with E-state index in [1.807, 2.05) is 34.1 Å². The van der Waals surface area contributed by atoms with Gasteiger partial charge in [0, 0.05) is 37.7 Å². The van der Waals surface area contributed by atoms with Crippen molar-refractivity contribution in [2.24, 2.45) is 5.92 Å². The zero-order chi connectivity index (χ0) is 16.9. The van der Waals surface area contributed by atoms with Crippen LogP contribution in [0.25, 0.3) is 0 Å². The van der Waals surface area contributed by atoms with E-state index in [1.165, 1.54) is 0 Å². The fourth-order valence-electron chi connectivity index (χ4n) is 3.70. The van der Waals surface area contributed by atoms with Crippen molar-refractivity contribution in [1.29, 1.82) is 0 Å². The highest BCUT2D eigenvalue weighted by atomic mass is 16.5. The van der Waals surface area contributed by atoms with Crippen molar-refractivity contribution < 1.29 is 14.3 Å².